The highest BCUT2D eigenvalue weighted by atomic mass is 127. The maximum Gasteiger partial charge on any atom is 0.309 e. The van der Waals surface area contributed by atoms with Crippen LogP contribution in [0.15, 0.2) is 11.0 Å². The Bertz CT molecular complexity index is 900. The zero-order valence-electron chi connectivity index (χ0n) is 21.5. The van der Waals surface area contributed by atoms with Gasteiger partial charge in [-0.05, 0) is 44.3 Å². The molecule has 1 aliphatic rings. The summed E-state index contributed by atoms with van der Waals surface area (Å²) in [7, 11) is 0. The van der Waals surface area contributed by atoms with E-state index < -0.39 is 41.7 Å². The van der Waals surface area contributed by atoms with E-state index in [1.165, 1.54) is 11.3 Å². The van der Waals surface area contributed by atoms with Crippen molar-refractivity contribution in [3.05, 3.63) is 21.7 Å². The number of carbonyl (C=O) groups excluding carboxylic acids is 2. The zero-order chi connectivity index (χ0) is 26.5. The van der Waals surface area contributed by atoms with Crippen molar-refractivity contribution in [2.24, 2.45) is 17.3 Å². The fourth-order valence-corrected chi connectivity index (χ4v) is 5.87. The van der Waals surface area contributed by atoms with Gasteiger partial charge >= 0.3 is 5.97 Å². The summed E-state index contributed by atoms with van der Waals surface area (Å²) in [5.41, 5.74) is 0.359. The van der Waals surface area contributed by atoms with Crippen LogP contribution in [0.5, 0.6) is 0 Å². The maximum atomic E-state index is 13.2. The summed E-state index contributed by atoms with van der Waals surface area (Å²) in [5.74, 6) is -1.74. The van der Waals surface area contributed by atoms with Crippen molar-refractivity contribution >= 4 is 51.8 Å². The number of esters is 1. The molecule has 0 saturated carbocycles. The molecule has 7 nitrogen and oxygen atoms in total. The molecule has 7 atom stereocenters. The molecule has 1 aromatic rings. The number of halogens is 1. The number of alkyl halides is 1. The van der Waals surface area contributed by atoms with Gasteiger partial charge in [-0.2, -0.15) is 0 Å². The van der Waals surface area contributed by atoms with Crippen LogP contribution < -0.4 is 0 Å². The van der Waals surface area contributed by atoms with E-state index >= 15 is 0 Å². The fraction of sp³-hybridized carbons (Fsp3) is 0.731. The largest absolute Gasteiger partial charge is 0.458 e. The Labute approximate surface area is 226 Å². The molecule has 0 amide bonds. The van der Waals surface area contributed by atoms with Crippen LogP contribution in [0.25, 0.3) is 6.08 Å². The lowest BCUT2D eigenvalue weighted by atomic mass is 9.73. The highest BCUT2D eigenvalue weighted by Gasteiger charge is 2.42. The van der Waals surface area contributed by atoms with Crippen molar-refractivity contribution in [3.63, 3.8) is 0 Å². The Kier molecular flexibility index (Phi) is 11.3. The second kappa shape index (κ2) is 13.1. The molecule has 2 heterocycles. The van der Waals surface area contributed by atoms with Gasteiger partial charge in [0.05, 0.1) is 40.8 Å². The summed E-state index contributed by atoms with van der Waals surface area (Å²) in [6, 6.07) is 0. The first kappa shape index (κ1) is 30.3. The molecule has 0 aromatic carbocycles. The Morgan fingerprint density at radius 2 is 1.89 bits per heavy atom. The van der Waals surface area contributed by atoms with Crippen LogP contribution in [0.2, 0.25) is 0 Å². The maximum absolute atomic E-state index is 13.2. The minimum Gasteiger partial charge on any atom is -0.458 e. The van der Waals surface area contributed by atoms with E-state index in [0.717, 1.165) is 16.3 Å². The van der Waals surface area contributed by atoms with Crippen molar-refractivity contribution in [1.82, 2.24) is 4.98 Å². The molecule has 1 aromatic heterocycles. The molecule has 35 heavy (non-hydrogen) atoms. The molecule has 9 heteroatoms. The quantitative estimate of drug-likeness (QED) is 0.253. The van der Waals surface area contributed by atoms with Crippen LogP contribution in [0.1, 0.15) is 77.4 Å². The third-order valence-corrected chi connectivity index (χ3v) is 9.28. The summed E-state index contributed by atoms with van der Waals surface area (Å²) in [6.07, 6.45) is 0.534. The number of hydrogen-bond acceptors (Lipinski definition) is 8. The lowest BCUT2D eigenvalue weighted by Crippen LogP contribution is -2.45. The van der Waals surface area contributed by atoms with Crippen molar-refractivity contribution in [2.45, 2.75) is 102 Å². The van der Waals surface area contributed by atoms with Gasteiger partial charge in [0.1, 0.15) is 11.9 Å². The predicted octanol–water partition coefficient (Wildman–Crippen LogP) is 4.48. The van der Waals surface area contributed by atoms with Crippen LogP contribution in [0, 0.1) is 24.2 Å². The first-order valence-electron chi connectivity index (χ1n) is 12.3. The SMILES string of the molecule is C/C(=C\c1csc(C)n1)C1CC(I)[C@H](O)CCCC(C)[C@H](O)[C@@H](C)C(=O)C(C)(C)[C@@H](O)CC(=O)O1. The highest BCUT2D eigenvalue weighted by molar-refractivity contribution is 14.1. The van der Waals surface area contributed by atoms with Gasteiger partial charge in [0.15, 0.2) is 0 Å². The van der Waals surface area contributed by atoms with Crippen molar-refractivity contribution < 1.29 is 29.6 Å². The fourth-order valence-electron chi connectivity index (χ4n) is 4.48. The molecule has 3 unspecified atom stereocenters. The van der Waals surface area contributed by atoms with Crippen LogP contribution in [-0.4, -0.2) is 60.4 Å². The van der Waals surface area contributed by atoms with E-state index in [1.807, 2.05) is 32.2 Å². The first-order chi connectivity index (χ1) is 16.2. The average Bonchev–Trinajstić information content (AvgIpc) is 3.20. The van der Waals surface area contributed by atoms with Crippen LogP contribution in [0.4, 0.5) is 0 Å². The van der Waals surface area contributed by atoms with E-state index in [2.05, 4.69) is 27.6 Å². The molecule has 1 fully saturated rings. The lowest BCUT2D eigenvalue weighted by Gasteiger charge is -2.35. The number of ketones is 1. The number of aryl methyl sites for hydroxylation is 1. The van der Waals surface area contributed by atoms with Crippen LogP contribution in [0.3, 0.4) is 0 Å². The minimum absolute atomic E-state index is 0.140. The third kappa shape index (κ3) is 8.31. The summed E-state index contributed by atoms with van der Waals surface area (Å²) >= 11 is 3.73. The number of aliphatic hydroxyl groups is 3. The number of aliphatic hydroxyl groups excluding tert-OH is 3. The molecule has 2 rings (SSSR count). The van der Waals surface area contributed by atoms with Crippen molar-refractivity contribution in [2.75, 3.05) is 0 Å². The number of ether oxygens (including phenoxy) is 1. The number of thiazole rings is 1. The topological polar surface area (TPSA) is 117 Å². The smallest absolute Gasteiger partial charge is 0.309 e. The number of nitrogens with zero attached hydrogens (tertiary/aromatic N) is 1. The van der Waals surface area contributed by atoms with E-state index in [9.17, 15) is 24.9 Å². The van der Waals surface area contributed by atoms with E-state index in [-0.39, 0.29) is 22.0 Å². The molecule has 3 N–H and O–H groups in total. The number of cyclic esters (lactones) is 1. The monoisotopic (exact) mass is 621 g/mol. The standard InChI is InChI=1S/C26H40INO6S/c1-14-8-7-9-20(29)19(27)11-21(15(2)10-18-13-35-17(4)28-18)34-23(31)12-22(30)26(5,6)25(33)16(3)24(14)32/h10,13-14,16,19-22,24,29-30,32H,7-9,11-12H2,1-6H3/b15-10+/t14?,16-,19?,20-,21?,22+,24+/m1/s1. The second-order valence-corrected chi connectivity index (χ2v) is 13.1. The number of hydrogen-bond donors (Lipinski definition) is 3. The number of aromatic nitrogens is 1. The van der Waals surface area contributed by atoms with Gasteiger partial charge in [0.2, 0.25) is 0 Å². The molecule has 0 bridgehead atoms. The Hall–Kier alpha value is -0.880. The van der Waals surface area contributed by atoms with Gasteiger partial charge < -0.3 is 20.1 Å². The Balaban J connectivity index is 2.33. The normalized spacial score (nSPS) is 34.5. The summed E-state index contributed by atoms with van der Waals surface area (Å²) in [6.45, 7) is 10.6. The van der Waals surface area contributed by atoms with Gasteiger partial charge in [-0.1, -0.05) is 56.7 Å². The minimum atomic E-state index is -1.26. The lowest BCUT2D eigenvalue weighted by molar-refractivity contribution is -0.154. The van der Waals surface area contributed by atoms with Gasteiger partial charge in [-0.3, -0.25) is 9.59 Å². The van der Waals surface area contributed by atoms with E-state index in [1.54, 1.807) is 20.8 Å². The van der Waals surface area contributed by atoms with E-state index in [0.29, 0.717) is 25.7 Å². The first-order valence-corrected chi connectivity index (χ1v) is 14.4. The molecular weight excluding hydrogens is 581 g/mol. The number of rotatable bonds is 2. The number of Topliss-reactive ketones (excluding diaryl/α,β-unsaturated/α-hetero) is 1. The van der Waals surface area contributed by atoms with Gasteiger partial charge in [0.25, 0.3) is 0 Å². The van der Waals surface area contributed by atoms with Gasteiger partial charge in [0, 0.05) is 21.6 Å². The Morgan fingerprint density at radius 3 is 2.49 bits per heavy atom. The van der Waals surface area contributed by atoms with Crippen molar-refractivity contribution in [1.29, 1.82) is 0 Å². The molecular formula is C26H40INO6S. The van der Waals surface area contributed by atoms with Gasteiger partial charge in [-0.15, -0.1) is 11.3 Å². The Morgan fingerprint density at radius 1 is 1.23 bits per heavy atom. The van der Waals surface area contributed by atoms with Crippen LogP contribution >= 0.6 is 33.9 Å². The second-order valence-electron chi connectivity index (χ2n) is 10.5. The number of carbonyl (C=O) groups is 2. The average molecular weight is 622 g/mol. The van der Waals surface area contributed by atoms with E-state index in [4.69, 9.17) is 4.74 Å². The van der Waals surface area contributed by atoms with Gasteiger partial charge in [-0.25, -0.2) is 4.98 Å². The molecule has 0 radical (unpaired) electrons. The predicted molar refractivity (Wildman–Crippen MR) is 146 cm³/mol. The summed E-state index contributed by atoms with van der Waals surface area (Å²) in [5, 5.41) is 35.2. The summed E-state index contributed by atoms with van der Waals surface area (Å²) in [4.78, 5) is 30.5. The molecule has 198 valence electrons. The molecule has 1 saturated heterocycles. The molecule has 0 spiro atoms. The molecule has 1 aliphatic heterocycles. The summed E-state index contributed by atoms with van der Waals surface area (Å²) < 4.78 is 5.64. The van der Waals surface area contributed by atoms with Crippen LogP contribution in [-0.2, 0) is 14.3 Å². The third-order valence-electron chi connectivity index (χ3n) is 7.15. The highest BCUT2D eigenvalue weighted by Crippen LogP contribution is 2.33. The van der Waals surface area contributed by atoms with Crippen molar-refractivity contribution in [3.8, 4) is 0 Å². The zero-order valence-corrected chi connectivity index (χ0v) is 24.5. The molecule has 0 aliphatic carbocycles.